The van der Waals surface area contributed by atoms with E-state index in [4.69, 9.17) is 11.6 Å². The zero-order valence-corrected chi connectivity index (χ0v) is 16.0. The fourth-order valence-electron chi connectivity index (χ4n) is 3.73. The molecule has 25 heavy (non-hydrogen) atoms. The molecule has 0 aromatic carbocycles. The largest absolute Gasteiger partial charge is 0.347 e. The van der Waals surface area contributed by atoms with E-state index in [2.05, 4.69) is 5.32 Å². The second-order valence-corrected chi connectivity index (χ2v) is 8.50. The van der Waals surface area contributed by atoms with Crippen LogP contribution in [0.4, 0.5) is 4.79 Å². The van der Waals surface area contributed by atoms with Crippen LogP contribution in [0.25, 0.3) is 0 Å². The van der Waals surface area contributed by atoms with Gasteiger partial charge in [0.25, 0.3) is 5.91 Å². The van der Waals surface area contributed by atoms with Gasteiger partial charge in [-0.05, 0) is 31.9 Å². The highest BCUT2D eigenvalue weighted by atomic mass is 35.5. The molecule has 8 heteroatoms. The average molecular weight is 384 g/mol. The number of nitrogens with zero attached hydrogens (tertiary/aromatic N) is 2. The molecule has 2 aliphatic rings. The van der Waals surface area contributed by atoms with Crippen LogP contribution in [0.3, 0.4) is 0 Å². The molecule has 1 aromatic heterocycles. The second-order valence-electron chi connectivity index (χ2n) is 6.76. The predicted octanol–water partition coefficient (Wildman–Crippen LogP) is 3.18. The molecule has 1 unspecified atom stereocenters. The van der Waals surface area contributed by atoms with E-state index in [1.807, 2.05) is 13.0 Å². The highest BCUT2D eigenvalue weighted by Crippen LogP contribution is 2.39. The number of nitrogens with one attached hydrogen (secondary N) is 1. The van der Waals surface area contributed by atoms with Crippen molar-refractivity contribution in [2.75, 3.05) is 13.6 Å². The Kier molecular flexibility index (Phi) is 5.06. The number of thiophene rings is 1. The monoisotopic (exact) mass is 383 g/mol. The number of rotatable bonds is 4. The van der Waals surface area contributed by atoms with Crippen LogP contribution >= 0.6 is 22.9 Å². The van der Waals surface area contributed by atoms with Crippen LogP contribution in [0.2, 0.25) is 4.34 Å². The molecule has 1 atom stereocenters. The molecule has 4 amide bonds. The van der Waals surface area contributed by atoms with Crippen LogP contribution in [-0.2, 0) is 9.59 Å². The van der Waals surface area contributed by atoms with Gasteiger partial charge >= 0.3 is 6.03 Å². The highest BCUT2D eigenvalue weighted by Gasteiger charge is 2.55. The van der Waals surface area contributed by atoms with Gasteiger partial charge in [0.1, 0.15) is 12.1 Å². The van der Waals surface area contributed by atoms with Crippen LogP contribution < -0.4 is 5.32 Å². The Morgan fingerprint density at radius 2 is 2.00 bits per heavy atom. The Labute approximate surface area is 156 Å². The first-order chi connectivity index (χ1) is 11.8. The number of imide groups is 1. The van der Waals surface area contributed by atoms with Gasteiger partial charge in [-0.15, -0.1) is 11.3 Å². The molecule has 1 aliphatic heterocycles. The third-order valence-corrected chi connectivity index (χ3v) is 6.60. The Balaban J connectivity index is 1.66. The van der Waals surface area contributed by atoms with Crippen molar-refractivity contribution in [3.63, 3.8) is 0 Å². The smallest absolute Gasteiger partial charge is 0.327 e. The number of halogens is 1. The van der Waals surface area contributed by atoms with E-state index in [1.165, 1.54) is 16.2 Å². The first-order valence-corrected chi connectivity index (χ1v) is 9.69. The molecule has 1 N–H and O–H groups in total. The molecule has 1 saturated carbocycles. The summed E-state index contributed by atoms with van der Waals surface area (Å²) in [6.45, 7) is 1.61. The van der Waals surface area contributed by atoms with E-state index in [0.717, 1.165) is 29.0 Å². The lowest BCUT2D eigenvalue weighted by Gasteiger charge is -2.35. The third kappa shape index (κ3) is 3.27. The van der Waals surface area contributed by atoms with Gasteiger partial charge in [-0.25, -0.2) is 4.79 Å². The van der Waals surface area contributed by atoms with Crippen LogP contribution in [0.15, 0.2) is 12.1 Å². The second kappa shape index (κ2) is 6.96. The third-order valence-electron chi connectivity index (χ3n) is 5.18. The zero-order chi connectivity index (χ0) is 18.2. The molecule has 2 fully saturated rings. The van der Waals surface area contributed by atoms with Crippen LogP contribution in [0.5, 0.6) is 0 Å². The Bertz CT molecular complexity index is 699. The molecule has 2 heterocycles. The quantitative estimate of drug-likeness (QED) is 0.812. The van der Waals surface area contributed by atoms with E-state index >= 15 is 0 Å². The molecule has 6 nitrogen and oxygen atoms in total. The highest BCUT2D eigenvalue weighted by molar-refractivity contribution is 7.16. The summed E-state index contributed by atoms with van der Waals surface area (Å²) in [6.07, 6.45) is 4.30. The lowest BCUT2D eigenvalue weighted by atomic mass is 9.81. The minimum absolute atomic E-state index is 0.223. The van der Waals surface area contributed by atoms with Crippen molar-refractivity contribution >= 4 is 40.8 Å². The Morgan fingerprint density at radius 1 is 1.32 bits per heavy atom. The number of urea groups is 1. The Morgan fingerprint density at radius 3 is 2.60 bits per heavy atom. The van der Waals surface area contributed by atoms with Crippen molar-refractivity contribution in [3.8, 4) is 0 Å². The molecule has 1 aliphatic carbocycles. The van der Waals surface area contributed by atoms with E-state index in [9.17, 15) is 14.4 Å². The number of likely N-dealkylation sites (N-methyl/N-ethyl adjacent to an activating group) is 1. The van der Waals surface area contributed by atoms with E-state index in [0.29, 0.717) is 17.2 Å². The van der Waals surface area contributed by atoms with Crippen molar-refractivity contribution in [3.05, 3.63) is 21.3 Å². The van der Waals surface area contributed by atoms with Crippen molar-refractivity contribution < 1.29 is 14.4 Å². The molecule has 3 rings (SSSR count). The van der Waals surface area contributed by atoms with Gasteiger partial charge in [0, 0.05) is 11.9 Å². The normalized spacial score (nSPS) is 21.1. The summed E-state index contributed by atoms with van der Waals surface area (Å²) in [7, 11) is 1.67. The first kappa shape index (κ1) is 18.2. The topological polar surface area (TPSA) is 69.7 Å². The van der Waals surface area contributed by atoms with E-state index in [1.54, 1.807) is 13.1 Å². The lowest BCUT2D eigenvalue weighted by molar-refractivity contribution is -0.137. The minimum Gasteiger partial charge on any atom is -0.347 e. The summed E-state index contributed by atoms with van der Waals surface area (Å²) >= 11 is 7.31. The fourth-order valence-corrected chi connectivity index (χ4v) is 4.80. The van der Waals surface area contributed by atoms with Gasteiger partial charge in [0.2, 0.25) is 5.91 Å². The maximum atomic E-state index is 12.9. The number of hydrogen-bond acceptors (Lipinski definition) is 4. The van der Waals surface area contributed by atoms with Gasteiger partial charge in [-0.2, -0.15) is 0 Å². The maximum Gasteiger partial charge on any atom is 0.327 e. The molecular formula is C17H22ClN3O3S. The standard InChI is InChI=1S/C17H22ClN3O3S/c1-11(12-6-7-13(18)25-12)19-14(22)10-21-15(23)17(20(2)16(21)24)8-4-3-5-9-17/h6-7,11H,3-5,8-10H2,1-2H3,(H,19,22). The van der Waals surface area contributed by atoms with E-state index in [-0.39, 0.29) is 30.4 Å². The average Bonchev–Trinajstić information content (AvgIpc) is 3.10. The lowest BCUT2D eigenvalue weighted by Crippen LogP contribution is -2.49. The van der Waals surface area contributed by atoms with Crippen LogP contribution in [0.1, 0.15) is 49.9 Å². The Hall–Kier alpha value is -1.60. The van der Waals surface area contributed by atoms with Crippen molar-refractivity contribution in [1.29, 1.82) is 0 Å². The molecule has 0 radical (unpaired) electrons. The fraction of sp³-hybridized carbons (Fsp3) is 0.588. The number of amides is 4. The van der Waals surface area contributed by atoms with Gasteiger partial charge < -0.3 is 10.2 Å². The van der Waals surface area contributed by atoms with Gasteiger partial charge in [0.15, 0.2) is 0 Å². The summed E-state index contributed by atoms with van der Waals surface area (Å²) in [5, 5.41) is 2.83. The summed E-state index contributed by atoms with van der Waals surface area (Å²) in [6, 6.07) is 3.03. The molecule has 1 spiro atoms. The molecule has 0 bridgehead atoms. The zero-order valence-electron chi connectivity index (χ0n) is 14.4. The number of carbonyl (C=O) groups excluding carboxylic acids is 3. The van der Waals surface area contributed by atoms with Gasteiger partial charge in [-0.1, -0.05) is 30.9 Å². The summed E-state index contributed by atoms with van der Waals surface area (Å²) in [5.41, 5.74) is -0.748. The predicted molar refractivity (Wildman–Crippen MR) is 96.6 cm³/mol. The van der Waals surface area contributed by atoms with Crippen LogP contribution in [-0.4, -0.2) is 46.8 Å². The van der Waals surface area contributed by atoms with Gasteiger partial charge in [0.05, 0.1) is 10.4 Å². The maximum absolute atomic E-state index is 12.9. The molecule has 136 valence electrons. The van der Waals surface area contributed by atoms with Crippen molar-refractivity contribution in [1.82, 2.24) is 15.1 Å². The summed E-state index contributed by atoms with van der Waals surface area (Å²) in [4.78, 5) is 41.3. The van der Waals surface area contributed by atoms with Crippen molar-refractivity contribution in [2.24, 2.45) is 0 Å². The van der Waals surface area contributed by atoms with Crippen molar-refractivity contribution in [2.45, 2.75) is 50.6 Å². The molecule has 1 aromatic rings. The van der Waals surface area contributed by atoms with Gasteiger partial charge in [-0.3, -0.25) is 14.5 Å². The summed E-state index contributed by atoms with van der Waals surface area (Å²) in [5.74, 6) is -0.582. The SMILES string of the molecule is CC(NC(=O)CN1C(=O)N(C)C2(CCCCC2)C1=O)c1ccc(Cl)s1. The van der Waals surface area contributed by atoms with E-state index < -0.39 is 5.54 Å². The molecular weight excluding hydrogens is 362 g/mol. The number of hydrogen-bond donors (Lipinski definition) is 1. The van der Waals surface area contributed by atoms with Crippen LogP contribution in [0, 0.1) is 0 Å². The number of carbonyl (C=O) groups is 3. The first-order valence-electron chi connectivity index (χ1n) is 8.49. The molecule has 1 saturated heterocycles. The minimum atomic E-state index is -0.748. The summed E-state index contributed by atoms with van der Waals surface area (Å²) < 4.78 is 0.655.